The van der Waals surface area contributed by atoms with Crippen LogP contribution >= 0.6 is 11.8 Å². The summed E-state index contributed by atoms with van der Waals surface area (Å²) in [5.74, 6) is 0.795. The van der Waals surface area contributed by atoms with E-state index in [1.54, 1.807) is 11.8 Å². The lowest BCUT2D eigenvalue weighted by molar-refractivity contribution is 1.11. The summed E-state index contributed by atoms with van der Waals surface area (Å²) < 4.78 is 0. The zero-order valence-electron chi connectivity index (χ0n) is 7.40. The van der Waals surface area contributed by atoms with E-state index in [-0.39, 0.29) is 0 Å². The largest absolute Gasteiger partial charge is 0.250 e. The normalized spacial score (nSPS) is 10.2. The van der Waals surface area contributed by atoms with Crippen molar-refractivity contribution in [2.75, 3.05) is 5.75 Å². The molecule has 1 heterocycles. The van der Waals surface area contributed by atoms with Crippen LogP contribution in [0.2, 0.25) is 0 Å². The average Bonchev–Trinajstić information content (AvgIpc) is 2.15. The molecule has 13 heavy (non-hydrogen) atoms. The van der Waals surface area contributed by atoms with Crippen molar-refractivity contribution in [3.8, 4) is 6.07 Å². The van der Waals surface area contributed by atoms with Gasteiger partial charge in [0.15, 0.2) is 0 Å². The Balaban J connectivity index is 2.42. The molecule has 1 aromatic heterocycles. The summed E-state index contributed by atoms with van der Waals surface area (Å²) in [7, 11) is 0. The smallest absolute Gasteiger partial charge is 0.0963 e. The quantitative estimate of drug-likeness (QED) is 0.543. The van der Waals surface area contributed by atoms with Gasteiger partial charge in [-0.05, 0) is 18.6 Å². The molecule has 1 aromatic rings. The molecule has 2 nitrogen and oxygen atoms in total. The lowest BCUT2D eigenvalue weighted by Crippen LogP contribution is -1.81. The minimum absolute atomic E-state index is 0.795. The molecule has 0 aliphatic heterocycles. The Hall–Kier alpha value is -1.27. The molecule has 0 fully saturated rings. The molecule has 3 heteroatoms. The summed E-state index contributed by atoms with van der Waals surface area (Å²) in [5.41, 5.74) is 1.16. The van der Waals surface area contributed by atoms with Crippen LogP contribution in [0.1, 0.15) is 5.56 Å². The summed E-state index contributed by atoms with van der Waals surface area (Å²) in [5, 5.41) is 9.23. The lowest BCUT2D eigenvalue weighted by Gasteiger charge is -1.96. The van der Waals surface area contributed by atoms with Crippen molar-refractivity contribution in [1.29, 1.82) is 5.26 Å². The first kappa shape index (κ1) is 9.82. The van der Waals surface area contributed by atoms with Gasteiger partial charge in [-0.25, -0.2) is 4.98 Å². The number of nitrogens with zero attached hydrogens (tertiary/aromatic N) is 2. The Morgan fingerprint density at radius 3 is 3.08 bits per heavy atom. The van der Waals surface area contributed by atoms with E-state index in [4.69, 9.17) is 5.26 Å². The molecule has 0 aliphatic carbocycles. The Morgan fingerprint density at radius 1 is 1.62 bits per heavy atom. The van der Waals surface area contributed by atoms with E-state index in [1.165, 1.54) is 6.08 Å². The van der Waals surface area contributed by atoms with Gasteiger partial charge >= 0.3 is 0 Å². The minimum atomic E-state index is 0.795. The molecule has 0 radical (unpaired) electrons. The minimum Gasteiger partial charge on any atom is -0.250 e. The van der Waals surface area contributed by atoms with E-state index in [2.05, 4.69) is 4.98 Å². The molecule has 0 saturated carbocycles. The molecule has 0 saturated heterocycles. The predicted octanol–water partition coefficient (Wildman–Crippen LogP) is 2.56. The maximum Gasteiger partial charge on any atom is 0.0963 e. The van der Waals surface area contributed by atoms with Gasteiger partial charge in [0.25, 0.3) is 0 Å². The third kappa shape index (κ3) is 3.77. The van der Waals surface area contributed by atoms with E-state index >= 15 is 0 Å². The van der Waals surface area contributed by atoms with Gasteiger partial charge in [-0.15, -0.1) is 11.8 Å². The number of hydrogen-bond donors (Lipinski definition) is 0. The highest BCUT2D eigenvalue weighted by Gasteiger charge is 1.91. The highest BCUT2D eigenvalue weighted by atomic mass is 32.2. The zero-order valence-corrected chi connectivity index (χ0v) is 8.21. The maximum atomic E-state index is 8.24. The molecule has 0 bridgehead atoms. The second-order valence-electron chi connectivity index (χ2n) is 2.52. The van der Waals surface area contributed by atoms with Crippen molar-refractivity contribution in [1.82, 2.24) is 4.98 Å². The number of nitriles is 1. The van der Waals surface area contributed by atoms with E-state index in [9.17, 15) is 0 Å². The Bertz CT molecular complexity index is 322. The molecule has 0 unspecified atom stereocenters. The number of rotatable bonds is 3. The summed E-state index contributed by atoms with van der Waals surface area (Å²) >= 11 is 1.62. The average molecular weight is 190 g/mol. The Kier molecular flexibility index (Phi) is 4.07. The lowest BCUT2D eigenvalue weighted by atomic mass is 10.3. The van der Waals surface area contributed by atoms with Crippen LogP contribution in [0.3, 0.4) is 0 Å². The van der Waals surface area contributed by atoms with E-state index in [0.29, 0.717) is 0 Å². The molecule has 66 valence electrons. The number of aryl methyl sites for hydroxylation is 1. The first-order valence-electron chi connectivity index (χ1n) is 3.93. The van der Waals surface area contributed by atoms with Gasteiger partial charge in [-0.3, -0.25) is 0 Å². The third-order valence-electron chi connectivity index (χ3n) is 1.40. The highest BCUT2D eigenvalue weighted by Crippen LogP contribution is 2.14. The van der Waals surface area contributed by atoms with Gasteiger partial charge in [0, 0.05) is 18.0 Å². The summed E-state index contributed by atoms with van der Waals surface area (Å²) in [6.07, 6.45) is 5.16. The fourth-order valence-corrected chi connectivity index (χ4v) is 1.43. The van der Waals surface area contributed by atoms with E-state index in [1.807, 2.05) is 37.4 Å². The van der Waals surface area contributed by atoms with Crippen LogP contribution in [0.5, 0.6) is 0 Å². The molecule has 0 atom stereocenters. The van der Waals surface area contributed by atoms with Crippen LogP contribution in [0.4, 0.5) is 0 Å². The zero-order chi connectivity index (χ0) is 9.52. The van der Waals surface area contributed by atoms with Crippen LogP contribution < -0.4 is 0 Å². The van der Waals surface area contributed by atoms with Gasteiger partial charge in [0.05, 0.1) is 11.1 Å². The second kappa shape index (κ2) is 5.39. The topological polar surface area (TPSA) is 36.7 Å². The second-order valence-corrected chi connectivity index (χ2v) is 3.56. The predicted molar refractivity (Wildman–Crippen MR) is 54.5 cm³/mol. The van der Waals surface area contributed by atoms with Crippen LogP contribution in [0.15, 0.2) is 35.5 Å². The SMILES string of the molecule is Cc1ccc(SC/C=C/C#N)nc1. The van der Waals surface area contributed by atoms with Gasteiger partial charge in [0.2, 0.25) is 0 Å². The fraction of sp³-hybridized carbons (Fsp3) is 0.200. The molecule has 0 N–H and O–H groups in total. The Labute approximate surface area is 82.3 Å². The molecule has 0 amide bonds. The summed E-state index contributed by atoms with van der Waals surface area (Å²) in [4.78, 5) is 4.22. The van der Waals surface area contributed by atoms with Crippen LogP contribution in [0.25, 0.3) is 0 Å². The van der Waals surface area contributed by atoms with Gasteiger partial charge in [-0.1, -0.05) is 12.1 Å². The first-order chi connectivity index (χ1) is 6.33. The first-order valence-corrected chi connectivity index (χ1v) is 4.91. The molecule has 0 spiro atoms. The van der Waals surface area contributed by atoms with Crippen molar-refractivity contribution in [2.45, 2.75) is 11.9 Å². The van der Waals surface area contributed by atoms with Gasteiger partial charge < -0.3 is 0 Å². The standard InChI is InChI=1S/C10H10N2S/c1-9-4-5-10(12-8-9)13-7-3-2-6-11/h2-5,8H,7H2,1H3/b3-2+. The molecule has 0 aliphatic rings. The maximum absolute atomic E-state index is 8.24. The van der Waals surface area contributed by atoms with Crippen molar-refractivity contribution in [3.05, 3.63) is 36.0 Å². The van der Waals surface area contributed by atoms with Crippen molar-refractivity contribution < 1.29 is 0 Å². The van der Waals surface area contributed by atoms with Gasteiger partial charge in [-0.2, -0.15) is 5.26 Å². The van der Waals surface area contributed by atoms with Gasteiger partial charge in [0.1, 0.15) is 0 Å². The van der Waals surface area contributed by atoms with Crippen LogP contribution in [-0.2, 0) is 0 Å². The molecular formula is C10H10N2S. The fourth-order valence-electron chi connectivity index (χ4n) is 0.774. The van der Waals surface area contributed by atoms with Crippen molar-refractivity contribution in [3.63, 3.8) is 0 Å². The molecular weight excluding hydrogens is 180 g/mol. The molecule has 0 aromatic carbocycles. The van der Waals surface area contributed by atoms with Crippen molar-refractivity contribution in [2.24, 2.45) is 0 Å². The monoisotopic (exact) mass is 190 g/mol. The van der Waals surface area contributed by atoms with Crippen LogP contribution in [0, 0.1) is 18.3 Å². The van der Waals surface area contributed by atoms with E-state index in [0.717, 1.165) is 16.3 Å². The van der Waals surface area contributed by atoms with Crippen molar-refractivity contribution >= 4 is 11.8 Å². The van der Waals surface area contributed by atoms with Crippen LogP contribution in [-0.4, -0.2) is 10.7 Å². The number of allylic oxidation sites excluding steroid dienone is 1. The number of hydrogen-bond acceptors (Lipinski definition) is 3. The molecule has 1 rings (SSSR count). The number of thioether (sulfide) groups is 1. The number of pyridine rings is 1. The highest BCUT2D eigenvalue weighted by molar-refractivity contribution is 7.99. The van der Waals surface area contributed by atoms with E-state index < -0.39 is 0 Å². The number of aromatic nitrogens is 1. The summed E-state index contributed by atoms with van der Waals surface area (Å²) in [6, 6.07) is 5.97. The third-order valence-corrected chi connectivity index (χ3v) is 2.30. The Morgan fingerprint density at radius 2 is 2.46 bits per heavy atom. The summed E-state index contributed by atoms with van der Waals surface area (Å²) in [6.45, 7) is 2.01.